The number of nitrogens with zero attached hydrogens (tertiary/aromatic N) is 2. The Labute approximate surface area is 151 Å². The van der Waals surface area contributed by atoms with Crippen molar-refractivity contribution in [2.45, 2.75) is 20.4 Å². The predicted octanol–water partition coefficient (Wildman–Crippen LogP) is 3.91. The van der Waals surface area contributed by atoms with E-state index in [2.05, 4.69) is 26.9 Å². The number of nitrogens with one attached hydrogen (secondary N) is 2. The van der Waals surface area contributed by atoms with E-state index in [1.165, 1.54) is 11.6 Å². The Balaban J connectivity index is 1.63. The highest BCUT2D eigenvalue weighted by atomic mass is 19.1. The molecule has 0 bridgehead atoms. The summed E-state index contributed by atoms with van der Waals surface area (Å²) in [4.78, 5) is 12.1. The molecule has 0 unspecified atom stereocenters. The second-order valence-electron chi connectivity index (χ2n) is 6.02. The lowest BCUT2D eigenvalue weighted by Crippen LogP contribution is -2.24. The average molecular weight is 350 g/mol. The summed E-state index contributed by atoms with van der Waals surface area (Å²) >= 11 is 0. The van der Waals surface area contributed by atoms with Gasteiger partial charge in [0, 0.05) is 17.8 Å². The van der Waals surface area contributed by atoms with Gasteiger partial charge in [0.2, 0.25) is 0 Å². The minimum Gasteiger partial charge on any atom is -0.346 e. The molecule has 0 aliphatic carbocycles. The zero-order chi connectivity index (χ0) is 18.5. The first-order chi connectivity index (χ1) is 12.5. The third kappa shape index (κ3) is 4.22. The smallest absolute Gasteiger partial charge is 0.272 e. The molecule has 0 saturated heterocycles. The molecule has 1 amide bonds. The number of rotatable bonds is 5. The number of aryl methyl sites for hydroxylation is 2. The molecule has 0 fully saturated rings. The van der Waals surface area contributed by atoms with E-state index < -0.39 is 5.91 Å². The van der Waals surface area contributed by atoms with Gasteiger partial charge in [-0.1, -0.05) is 35.9 Å². The van der Waals surface area contributed by atoms with Gasteiger partial charge in [0.15, 0.2) is 11.5 Å². The van der Waals surface area contributed by atoms with Crippen LogP contribution in [0.3, 0.4) is 0 Å². The molecule has 0 saturated carbocycles. The largest absolute Gasteiger partial charge is 0.346 e. The molecule has 132 valence electrons. The van der Waals surface area contributed by atoms with Crippen LogP contribution in [0.2, 0.25) is 0 Å². The molecule has 2 N–H and O–H groups in total. The molecule has 2 aromatic carbocycles. The first-order valence-corrected chi connectivity index (χ1v) is 8.22. The second-order valence-corrected chi connectivity index (χ2v) is 6.02. The maximum atomic E-state index is 13.6. The standard InChI is InChI=1S/C20H19FN4O/c1-13-7-8-17(14(2)11-13)23-19-10-9-18(24-25-19)20(26)22-12-15-5-3-4-6-16(15)21/h3-11H,12H2,1-2H3,(H,22,26)(H,23,25). The van der Waals surface area contributed by atoms with Gasteiger partial charge in [-0.2, -0.15) is 0 Å². The number of hydrogen-bond donors (Lipinski definition) is 2. The molecule has 0 aliphatic heterocycles. The minimum absolute atomic E-state index is 0.0930. The van der Waals surface area contributed by atoms with Gasteiger partial charge >= 0.3 is 0 Å². The highest BCUT2D eigenvalue weighted by Gasteiger charge is 2.10. The molecule has 0 atom stereocenters. The van der Waals surface area contributed by atoms with Crippen LogP contribution in [0.4, 0.5) is 15.9 Å². The van der Waals surface area contributed by atoms with E-state index in [1.54, 1.807) is 30.3 Å². The number of carbonyl (C=O) groups is 1. The number of hydrogen-bond acceptors (Lipinski definition) is 4. The average Bonchev–Trinajstić information content (AvgIpc) is 2.64. The number of benzene rings is 2. The summed E-state index contributed by atoms with van der Waals surface area (Å²) in [6, 6.07) is 15.6. The molecule has 0 aliphatic rings. The lowest BCUT2D eigenvalue weighted by Gasteiger charge is -2.09. The van der Waals surface area contributed by atoms with Gasteiger partial charge in [0.25, 0.3) is 5.91 Å². The van der Waals surface area contributed by atoms with Gasteiger partial charge in [0.1, 0.15) is 5.82 Å². The second kappa shape index (κ2) is 7.74. The van der Waals surface area contributed by atoms with Crippen LogP contribution in [-0.4, -0.2) is 16.1 Å². The lowest BCUT2D eigenvalue weighted by molar-refractivity contribution is 0.0944. The van der Waals surface area contributed by atoms with Crippen LogP contribution in [0.15, 0.2) is 54.6 Å². The molecular weight excluding hydrogens is 331 g/mol. The number of amides is 1. The third-order valence-electron chi connectivity index (χ3n) is 3.94. The fourth-order valence-electron chi connectivity index (χ4n) is 2.52. The molecule has 0 radical (unpaired) electrons. The first kappa shape index (κ1) is 17.5. The Morgan fingerprint density at radius 2 is 1.85 bits per heavy atom. The van der Waals surface area contributed by atoms with Crippen molar-refractivity contribution in [3.05, 3.63) is 82.8 Å². The Kier molecular flexibility index (Phi) is 5.22. The predicted molar refractivity (Wildman–Crippen MR) is 98.8 cm³/mol. The first-order valence-electron chi connectivity index (χ1n) is 8.22. The Morgan fingerprint density at radius 1 is 1.04 bits per heavy atom. The van der Waals surface area contributed by atoms with Crippen LogP contribution in [0, 0.1) is 19.7 Å². The topological polar surface area (TPSA) is 66.9 Å². The lowest BCUT2D eigenvalue weighted by atomic mass is 10.1. The Bertz CT molecular complexity index is 925. The molecular formula is C20H19FN4O. The van der Waals surface area contributed by atoms with Crippen LogP contribution in [-0.2, 0) is 6.54 Å². The molecule has 3 rings (SSSR count). The van der Waals surface area contributed by atoms with E-state index in [1.807, 2.05) is 26.0 Å². The molecule has 3 aromatic rings. The van der Waals surface area contributed by atoms with Gasteiger partial charge in [-0.3, -0.25) is 4.79 Å². The maximum absolute atomic E-state index is 13.6. The van der Waals surface area contributed by atoms with Crippen molar-refractivity contribution in [1.29, 1.82) is 0 Å². The zero-order valence-electron chi connectivity index (χ0n) is 14.6. The highest BCUT2D eigenvalue weighted by Crippen LogP contribution is 2.19. The monoisotopic (exact) mass is 350 g/mol. The summed E-state index contributed by atoms with van der Waals surface area (Å²) < 4.78 is 13.6. The number of halogens is 1. The molecule has 5 nitrogen and oxygen atoms in total. The van der Waals surface area contributed by atoms with E-state index in [4.69, 9.17) is 0 Å². The SMILES string of the molecule is Cc1ccc(Nc2ccc(C(=O)NCc3ccccc3F)nn2)c(C)c1. The van der Waals surface area contributed by atoms with Crippen LogP contribution >= 0.6 is 0 Å². The van der Waals surface area contributed by atoms with E-state index >= 15 is 0 Å². The van der Waals surface area contributed by atoms with E-state index in [-0.39, 0.29) is 18.1 Å². The van der Waals surface area contributed by atoms with Crippen molar-refractivity contribution in [2.24, 2.45) is 0 Å². The highest BCUT2D eigenvalue weighted by molar-refractivity contribution is 5.92. The normalized spacial score (nSPS) is 10.4. The van der Waals surface area contributed by atoms with Gasteiger partial charge < -0.3 is 10.6 Å². The molecule has 26 heavy (non-hydrogen) atoms. The van der Waals surface area contributed by atoms with Crippen LogP contribution in [0.1, 0.15) is 27.2 Å². The Morgan fingerprint density at radius 3 is 2.54 bits per heavy atom. The zero-order valence-corrected chi connectivity index (χ0v) is 14.6. The summed E-state index contributed by atoms with van der Waals surface area (Å²) in [6.07, 6.45) is 0. The number of anilines is 2. The van der Waals surface area contributed by atoms with E-state index in [0.717, 1.165) is 11.3 Å². The quantitative estimate of drug-likeness (QED) is 0.732. The van der Waals surface area contributed by atoms with Gasteiger partial charge in [-0.25, -0.2) is 4.39 Å². The summed E-state index contributed by atoms with van der Waals surface area (Å²) in [7, 11) is 0. The number of carbonyl (C=O) groups excluding carboxylic acids is 1. The summed E-state index contributed by atoms with van der Waals surface area (Å²) in [5, 5.41) is 13.8. The van der Waals surface area contributed by atoms with Crippen LogP contribution in [0.5, 0.6) is 0 Å². The number of aromatic nitrogens is 2. The van der Waals surface area contributed by atoms with Gasteiger partial charge in [-0.15, -0.1) is 10.2 Å². The van der Waals surface area contributed by atoms with Crippen LogP contribution < -0.4 is 10.6 Å². The molecule has 6 heteroatoms. The third-order valence-corrected chi connectivity index (χ3v) is 3.94. The fraction of sp³-hybridized carbons (Fsp3) is 0.150. The maximum Gasteiger partial charge on any atom is 0.272 e. The Hall–Kier alpha value is -3.28. The molecule has 0 spiro atoms. The van der Waals surface area contributed by atoms with E-state index in [0.29, 0.717) is 11.4 Å². The molecule has 1 heterocycles. The molecule has 1 aromatic heterocycles. The van der Waals surface area contributed by atoms with Gasteiger partial charge in [0.05, 0.1) is 0 Å². The van der Waals surface area contributed by atoms with E-state index in [9.17, 15) is 9.18 Å². The van der Waals surface area contributed by atoms with Crippen LogP contribution in [0.25, 0.3) is 0 Å². The van der Waals surface area contributed by atoms with Crippen molar-refractivity contribution in [3.8, 4) is 0 Å². The summed E-state index contributed by atoms with van der Waals surface area (Å²) in [6.45, 7) is 4.13. The van der Waals surface area contributed by atoms with Crippen molar-refractivity contribution < 1.29 is 9.18 Å². The van der Waals surface area contributed by atoms with Crippen molar-refractivity contribution in [3.63, 3.8) is 0 Å². The summed E-state index contributed by atoms with van der Waals surface area (Å²) in [5.41, 5.74) is 3.80. The van der Waals surface area contributed by atoms with Crippen molar-refractivity contribution >= 4 is 17.4 Å². The van der Waals surface area contributed by atoms with Gasteiger partial charge in [-0.05, 0) is 43.7 Å². The fourth-order valence-corrected chi connectivity index (χ4v) is 2.52. The summed E-state index contributed by atoms with van der Waals surface area (Å²) in [5.74, 6) is -0.215. The minimum atomic E-state index is -0.404. The van der Waals surface area contributed by atoms with Crippen molar-refractivity contribution in [2.75, 3.05) is 5.32 Å². The van der Waals surface area contributed by atoms with Crippen molar-refractivity contribution in [1.82, 2.24) is 15.5 Å².